The van der Waals surface area contributed by atoms with Gasteiger partial charge in [-0.25, -0.2) is 4.98 Å². The van der Waals surface area contributed by atoms with E-state index in [4.69, 9.17) is 0 Å². The molecule has 0 unspecified atom stereocenters. The van der Waals surface area contributed by atoms with Gasteiger partial charge in [0.05, 0.1) is 43.9 Å². The Hall–Kier alpha value is -2.58. The number of aromatic nitrogens is 1. The zero-order valence-corrected chi connectivity index (χ0v) is 16.8. The van der Waals surface area contributed by atoms with Crippen molar-refractivity contribution in [2.75, 3.05) is 37.7 Å². The van der Waals surface area contributed by atoms with Crippen LogP contribution in [-0.2, 0) is 16.0 Å². The molecule has 146 valence electrons. The van der Waals surface area contributed by atoms with Crippen LogP contribution in [0.1, 0.15) is 26.6 Å². The molecule has 0 radical (unpaired) electrons. The lowest BCUT2D eigenvalue weighted by Crippen LogP contribution is -3.16. The van der Waals surface area contributed by atoms with E-state index in [2.05, 4.69) is 4.98 Å². The minimum absolute atomic E-state index is 0.0987. The number of fused-ring (bicyclic) bond motifs is 1. The van der Waals surface area contributed by atoms with Crippen molar-refractivity contribution in [3.05, 3.63) is 45.4 Å². The van der Waals surface area contributed by atoms with Crippen molar-refractivity contribution in [3.63, 3.8) is 0 Å². The van der Waals surface area contributed by atoms with Gasteiger partial charge in [-0.2, -0.15) is 0 Å². The van der Waals surface area contributed by atoms with Crippen molar-refractivity contribution in [1.29, 1.82) is 0 Å². The summed E-state index contributed by atoms with van der Waals surface area (Å²) in [7, 11) is 0. The quantitative estimate of drug-likeness (QED) is 0.747. The Kier molecular flexibility index (Phi) is 4.99. The van der Waals surface area contributed by atoms with Crippen molar-refractivity contribution in [1.82, 2.24) is 9.88 Å². The van der Waals surface area contributed by atoms with Crippen LogP contribution in [0, 0.1) is 13.8 Å². The van der Waals surface area contributed by atoms with Gasteiger partial charge in [-0.1, -0.05) is 11.6 Å². The van der Waals surface area contributed by atoms with Gasteiger partial charge in [-0.15, -0.1) is 11.3 Å². The van der Waals surface area contributed by atoms with Crippen LogP contribution in [0.3, 0.4) is 0 Å². The zero-order chi connectivity index (χ0) is 19.8. The number of quaternary nitrogens is 1. The molecule has 1 aromatic carbocycles. The highest BCUT2D eigenvalue weighted by Crippen LogP contribution is 2.28. The van der Waals surface area contributed by atoms with E-state index in [1.807, 2.05) is 36.3 Å². The molecule has 7 nitrogen and oxygen atoms in total. The molecule has 1 N–H and O–H groups in total. The summed E-state index contributed by atoms with van der Waals surface area (Å²) in [5.41, 5.74) is 3.11. The third-order valence-corrected chi connectivity index (χ3v) is 6.27. The molecule has 8 heteroatoms. The molecule has 4 rings (SSSR count). The minimum atomic E-state index is -0.453. The fourth-order valence-electron chi connectivity index (χ4n) is 3.75. The van der Waals surface area contributed by atoms with Gasteiger partial charge in [0.1, 0.15) is 5.01 Å². The van der Waals surface area contributed by atoms with E-state index in [1.165, 1.54) is 16.2 Å². The summed E-state index contributed by atoms with van der Waals surface area (Å²) in [6.07, 6.45) is 0.347. The average molecular weight is 399 g/mol. The molecule has 2 aliphatic rings. The molecule has 2 aliphatic heterocycles. The van der Waals surface area contributed by atoms with Crippen LogP contribution in [-0.4, -0.2) is 60.3 Å². The van der Waals surface area contributed by atoms with E-state index in [1.54, 1.807) is 11.0 Å². The Labute approximate surface area is 167 Å². The van der Waals surface area contributed by atoms with Gasteiger partial charge in [0.25, 0.3) is 5.78 Å². The highest BCUT2D eigenvalue weighted by atomic mass is 32.1. The summed E-state index contributed by atoms with van der Waals surface area (Å²) >= 11 is 1.52. The van der Waals surface area contributed by atoms with Crippen LogP contribution in [0.5, 0.6) is 0 Å². The Balaban J connectivity index is 1.35. The normalized spacial score (nSPS) is 17.4. The van der Waals surface area contributed by atoms with E-state index in [-0.39, 0.29) is 5.91 Å². The highest BCUT2D eigenvalue weighted by Gasteiger charge is 2.38. The van der Waals surface area contributed by atoms with E-state index in [0.29, 0.717) is 37.4 Å². The molecular formula is C20H23N4O3S+. The number of hydrogen-bond donors (Lipinski definition) is 1. The van der Waals surface area contributed by atoms with E-state index in [0.717, 1.165) is 29.4 Å². The van der Waals surface area contributed by atoms with Gasteiger partial charge < -0.3 is 9.80 Å². The maximum absolute atomic E-state index is 12.5. The fourth-order valence-corrected chi connectivity index (χ4v) is 4.51. The molecule has 0 saturated carbocycles. The van der Waals surface area contributed by atoms with Gasteiger partial charge in [-0.3, -0.25) is 19.3 Å². The molecule has 1 fully saturated rings. The number of nitrogens with one attached hydrogen (secondary N) is 1. The Morgan fingerprint density at radius 2 is 1.96 bits per heavy atom. The first-order valence-corrected chi connectivity index (χ1v) is 10.3. The summed E-state index contributed by atoms with van der Waals surface area (Å²) in [5.74, 6) is -0.780. The molecule has 1 saturated heterocycles. The lowest BCUT2D eigenvalue weighted by Gasteiger charge is -2.34. The summed E-state index contributed by atoms with van der Waals surface area (Å²) in [5, 5.41) is 2.81. The summed E-state index contributed by atoms with van der Waals surface area (Å²) in [4.78, 5) is 46.2. The molecule has 2 aromatic rings. The van der Waals surface area contributed by atoms with Gasteiger partial charge in [-0.05, 0) is 26.0 Å². The molecular weight excluding hydrogens is 376 g/mol. The third kappa shape index (κ3) is 3.57. The second-order valence-corrected chi connectivity index (χ2v) is 8.37. The molecule has 0 aliphatic carbocycles. The summed E-state index contributed by atoms with van der Waals surface area (Å²) < 4.78 is 0. The molecule has 0 atom stereocenters. The number of benzene rings is 1. The van der Waals surface area contributed by atoms with Crippen LogP contribution in [0.4, 0.5) is 5.69 Å². The standard InChI is InChI=1S/C20H22N4O3S/c1-13-3-4-16-15(9-13)19(26)20(27)24(16)12-22-5-7-23(8-6-22)18(25)10-17-21-14(2)11-28-17/h3-4,9,11H,5-8,10,12H2,1-2H3/p+1. The smallest absolute Gasteiger partial charge is 0.303 e. The maximum atomic E-state index is 12.5. The number of piperazine rings is 1. The monoisotopic (exact) mass is 399 g/mol. The number of hydrogen-bond acceptors (Lipinski definition) is 5. The van der Waals surface area contributed by atoms with Gasteiger partial charge in [0, 0.05) is 11.1 Å². The van der Waals surface area contributed by atoms with Crippen LogP contribution >= 0.6 is 11.3 Å². The number of thiazole rings is 1. The number of aryl methyl sites for hydroxylation is 2. The van der Waals surface area contributed by atoms with Gasteiger partial charge >= 0.3 is 5.91 Å². The van der Waals surface area contributed by atoms with Gasteiger partial charge in [0.2, 0.25) is 5.91 Å². The van der Waals surface area contributed by atoms with Crippen molar-refractivity contribution in [2.24, 2.45) is 0 Å². The number of carbonyl (C=O) groups excluding carboxylic acids is 3. The number of Topliss-reactive ketones (excluding diaryl/α,β-unsaturated/α-hetero) is 1. The van der Waals surface area contributed by atoms with Crippen molar-refractivity contribution >= 4 is 34.6 Å². The first-order chi connectivity index (χ1) is 13.4. The van der Waals surface area contributed by atoms with Crippen molar-refractivity contribution in [3.8, 4) is 0 Å². The zero-order valence-electron chi connectivity index (χ0n) is 16.0. The van der Waals surface area contributed by atoms with E-state index in [9.17, 15) is 14.4 Å². The summed E-state index contributed by atoms with van der Waals surface area (Å²) in [6.45, 7) is 7.09. The fraction of sp³-hybridized carbons (Fsp3) is 0.400. The van der Waals surface area contributed by atoms with Crippen LogP contribution in [0.25, 0.3) is 0 Å². The van der Waals surface area contributed by atoms with E-state index >= 15 is 0 Å². The van der Waals surface area contributed by atoms with Crippen molar-refractivity contribution < 1.29 is 19.3 Å². The minimum Gasteiger partial charge on any atom is -0.331 e. The molecule has 1 aromatic heterocycles. The molecule has 3 heterocycles. The molecule has 28 heavy (non-hydrogen) atoms. The predicted molar refractivity (Wildman–Crippen MR) is 106 cm³/mol. The van der Waals surface area contributed by atoms with Crippen molar-refractivity contribution in [2.45, 2.75) is 20.3 Å². The van der Waals surface area contributed by atoms with Gasteiger partial charge in [0.15, 0.2) is 6.67 Å². The highest BCUT2D eigenvalue weighted by molar-refractivity contribution is 7.09. The van der Waals surface area contributed by atoms with E-state index < -0.39 is 11.7 Å². The second kappa shape index (κ2) is 7.44. The van der Waals surface area contributed by atoms with Crippen LogP contribution < -0.4 is 9.80 Å². The number of rotatable bonds is 4. The number of anilines is 1. The number of nitrogens with zero attached hydrogens (tertiary/aromatic N) is 3. The average Bonchev–Trinajstić information content (AvgIpc) is 3.19. The topological polar surface area (TPSA) is 75.0 Å². The number of amides is 2. The number of ketones is 1. The third-order valence-electron chi connectivity index (χ3n) is 5.30. The maximum Gasteiger partial charge on any atom is 0.303 e. The second-order valence-electron chi connectivity index (χ2n) is 7.43. The first kappa shape index (κ1) is 18.8. The largest absolute Gasteiger partial charge is 0.331 e. The SMILES string of the molecule is Cc1ccc2c(c1)C(=O)C(=O)N2C[NH+]1CCN(C(=O)Cc2nc(C)cs2)CC1. The lowest BCUT2D eigenvalue weighted by molar-refractivity contribution is -0.902. The predicted octanol–water partition coefficient (Wildman–Crippen LogP) is 0.217. The molecule has 0 spiro atoms. The first-order valence-electron chi connectivity index (χ1n) is 9.41. The summed E-state index contributed by atoms with van der Waals surface area (Å²) in [6, 6.07) is 5.55. The van der Waals surface area contributed by atoms with Crippen LogP contribution in [0.15, 0.2) is 23.6 Å². The lowest BCUT2D eigenvalue weighted by atomic mass is 10.1. The Morgan fingerprint density at radius 3 is 2.64 bits per heavy atom. The Morgan fingerprint density at radius 1 is 1.21 bits per heavy atom. The van der Waals surface area contributed by atoms with Crippen LogP contribution in [0.2, 0.25) is 0 Å². The number of carbonyl (C=O) groups is 3. The molecule has 2 amide bonds. The molecule has 0 bridgehead atoms. The Bertz CT molecular complexity index is 947.